The summed E-state index contributed by atoms with van der Waals surface area (Å²) in [5.74, 6) is -6.14. The monoisotopic (exact) mass is 234 g/mol. The smallest absolute Gasteiger partial charge is 0.379 e. The number of carbonyl (C=O) groups is 1. The lowest BCUT2D eigenvalue weighted by Crippen LogP contribution is -2.25. The molecule has 0 aliphatic rings. The van der Waals surface area contributed by atoms with Crippen LogP contribution in [0.2, 0.25) is 5.02 Å². The Morgan fingerprint density at radius 1 is 1.53 bits per heavy atom. The van der Waals surface area contributed by atoms with E-state index in [-0.39, 0.29) is 5.02 Å². The van der Waals surface area contributed by atoms with Crippen LogP contribution in [0.4, 0.5) is 8.78 Å². The molecule has 2 nitrogen and oxygen atoms in total. The summed E-state index contributed by atoms with van der Waals surface area (Å²) >= 11 is 5.69. The van der Waals surface area contributed by atoms with E-state index in [1.165, 1.54) is 6.07 Å². The van der Waals surface area contributed by atoms with Gasteiger partial charge in [0.15, 0.2) is 0 Å². The van der Waals surface area contributed by atoms with Crippen molar-refractivity contribution in [3.05, 3.63) is 34.3 Å². The van der Waals surface area contributed by atoms with Gasteiger partial charge in [0.2, 0.25) is 0 Å². The van der Waals surface area contributed by atoms with Gasteiger partial charge < -0.3 is 5.11 Å². The molecule has 0 radical (unpaired) electrons. The third kappa shape index (κ3) is 2.09. The summed E-state index contributed by atoms with van der Waals surface area (Å²) in [7, 11) is 0. The molecule has 82 valence electrons. The summed E-state index contributed by atoms with van der Waals surface area (Å²) in [6.07, 6.45) is 0.475. The first-order valence-corrected chi connectivity index (χ1v) is 4.68. The minimum atomic E-state index is -3.94. The third-order valence-corrected chi connectivity index (χ3v) is 2.51. The SMILES string of the molecule is CCc1cccc(C(F)(F)C(=O)O)c1Cl. The van der Waals surface area contributed by atoms with E-state index in [0.29, 0.717) is 12.0 Å². The number of hydrogen-bond donors (Lipinski definition) is 1. The minimum Gasteiger partial charge on any atom is -0.477 e. The van der Waals surface area contributed by atoms with Gasteiger partial charge in [-0.05, 0) is 12.0 Å². The molecule has 1 aromatic rings. The number of rotatable bonds is 3. The molecule has 0 spiro atoms. The van der Waals surface area contributed by atoms with Crippen molar-refractivity contribution in [1.29, 1.82) is 0 Å². The van der Waals surface area contributed by atoms with Crippen LogP contribution in [-0.4, -0.2) is 11.1 Å². The maximum atomic E-state index is 13.2. The van der Waals surface area contributed by atoms with Gasteiger partial charge in [0.25, 0.3) is 0 Å². The quantitative estimate of drug-likeness (QED) is 0.873. The molecule has 0 atom stereocenters. The highest BCUT2D eigenvalue weighted by molar-refractivity contribution is 6.32. The Labute approximate surface area is 90.5 Å². The Bertz CT molecular complexity index is 391. The van der Waals surface area contributed by atoms with Gasteiger partial charge in [0, 0.05) is 0 Å². The van der Waals surface area contributed by atoms with Crippen molar-refractivity contribution in [2.45, 2.75) is 19.3 Å². The average molecular weight is 235 g/mol. The average Bonchev–Trinajstić information content (AvgIpc) is 2.17. The van der Waals surface area contributed by atoms with E-state index >= 15 is 0 Å². The van der Waals surface area contributed by atoms with E-state index in [4.69, 9.17) is 16.7 Å². The Kier molecular flexibility index (Phi) is 3.29. The Morgan fingerprint density at radius 2 is 2.13 bits per heavy atom. The van der Waals surface area contributed by atoms with Gasteiger partial charge in [-0.1, -0.05) is 36.7 Å². The maximum Gasteiger partial charge on any atom is 0.379 e. The second-order valence-electron chi connectivity index (χ2n) is 3.01. The zero-order valence-electron chi connectivity index (χ0n) is 7.93. The number of hydrogen-bond acceptors (Lipinski definition) is 1. The summed E-state index contributed by atoms with van der Waals surface area (Å²) in [5, 5.41) is 8.20. The summed E-state index contributed by atoms with van der Waals surface area (Å²) in [6.45, 7) is 1.75. The Morgan fingerprint density at radius 3 is 2.60 bits per heavy atom. The van der Waals surface area contributed by atoms with Crippen LogP contribution in [-0.2, 0) is 17.1 Å². The normalized spacial score (nSPS) is 11.5. The van der Waals surface area contributed by atoms with Gasteiger partial charge in [0.1, 0.15) is 0 Å². The second kappa shape index (κ2) is 4.14. The fourth-order valence-electron chi connectivity index (χ4n) is 1.21. The molecule has 0 aliphatic heterocycles. The number of halogens is 3. The lowest BCUT2D eigenvalue weighted by Gasteiger charge is -2.14. The van der Waals surface area contributed by atoms with Crippen molar-refractivity contribution in [2.75, 3.05) is 0 Å². The van der Waals surface area contributed by atoms with Crippen LogP contribution < -0.4 is 0 Å². The molecule has 0 saturated carbocycles. The van der Waals surface area contributed by atoms with E-state index in [0.717, 1.165) is 6.07 Å². The number of carboxylic acid groups (broad SMARTS) is 1. The number of aryl methyl sites for hydroxylation is 1. The van der Waals surface area contributed by atoms with Crippen LogP contribution in [0.3, 0.4) is 0 Å². The predicted molar refractivity (Wildman–Crippen MR) is 52.4 cm³/mol. The highest BCUT2D eigenvalue weighted by atomic mass is 35.5. The fourth-order valence-corrected chi connectivity index (χ4v) is 1.59. The van der Waals surface area contributed by atoms with Gasteiger partial charge in [-0.15, -0.1) is 0 Å². The zero-order valence-corrected chi connectivity index (χ0v) is 8.68. The number of carboxylic acids is 1. The largest absolute Gasteiger partial charge is 0.477 e. The molecule has 1 N–H and O–H groups in total. The molecule has 0 heterocycles. The summed E-state index contributed by atoms with van der Waals surface area (Å²) in [6, 6.07) is 3.98. The highest BCUT2D eigenvalue weighted by Crippen LogP contribution is 2.35. The van der Waals surface area contributed by atoms with E-state index in [9.17, 15) is 13.6 Å². The number of alkyl halides is 2. The molecule has 0 aromatic heterocycles. The molecule has 0 saturated heterocycles. The second-order valence-corrected chi connectivity index (χ2v) is 3.39. The number of aliphatic carboxylic acids is 1. The van der Waals surface area contributed by atoms with Crippen molar-refractivity contribution in [2.24, 2.45) is 0 Å². The maximum absolute atomic E-state index is 13.2. The lowest BCUT2D eigenvalue weighted by molar-refractivity contribution is -0.166. The lowest BCUT2D eigenvalue weighted by atomic mass is 10.0. The summed E-state index contributed by atoms with van der Waals surface area (Å²) in [4.78, 5) is 10.4. The van der Waals surface area contributed by atoms with Gasteiger partial charge in [0.05, 0.1) is 10.6 Å². The van der Waals surface area contributed by atoms with E-state index < -0.39 is 17.5 Å². The fraction of sp³-hybridized carbons (Fsp3) is 0.300. The Hall–Kier alpha value is -1.16. The molecule has 1 aromatic carbocycles. The molecular formula is C10H9ClF2O2. The molecule has 0 bridgehead atoms. The standard InChI is InChI=1S/C10H9ClF2O2/c1-2-6-4-3-5-7(8(6)11)10(12,13)9(14)15/h3-5H,2H2,1H3,(H,14,15). The van der Waals surface area contributed by atoms with Gasteiger partial charge >= 0.3 is 11.9 Å². The van der Waals surface area contributed by atoms with Crippen LogP contribution in [0, 0.1) is 0 Å². The minimum absolute atomic E-state index is 0.174. The molecule has 0 unspecified atom stereocenters. The first-order chi connectivity index (χ1) is 6.91. The number of benzene rings is 1. The molecule has 1 rings (SSSR count). The highest BCUT2D eigenvalue weighted by Gasteiger charge is 2.42. The van der Waals surface area contributed by atoms with E-state index in [2.05, 4.69) is 0 Å². The van der Waals surface area contributed by atoms with Gasteiger partial charge in [-0.2, -0.15) is 8.78 Å². The third-order valence-electron chi connectivity index (χ3n) is 2.07. The van der Waals surface area contributed by atoms with Crippen LogP contribution in [0.15, 0.2) is 18.2 Å². The molecule has 0 fully saturated rings. The predicted octanol–water partition coefficient (Wildman–Crippen LogP) is 3.08. The summed E-state index contributed by atoms with van der Waals surface area (Å²) < 4.78 is 26.3. The zero-order chi connectivity index (χ0) is 11.6. The van der Waals surface area contributed by atoms with Crippen molar-refractivity contribution < 1.29 is 18.7 Å². The van der Waals surface area contributed by atoms with Crippen LogP contribution in [0.1, 0.15) is 18.1 Å². The molecule has 0 aliphatic carbocycles. The van der Waals surface area contributed by atoms with Gasteiger partial charge in [-0.3, -0.25) is 0 Å². The van der Waals surface area contributed by atoms with E-state index in [1.54, 1.807) is 13.0 Å². The summed E-state index contributed by atoms with van der Waals surface area (Å²) in [5.41, 5.74) is -0.147. The Balaban J connectivity index is 3.32. The van der Waals surface area contributed by atoms with E-state index in [1.807, 2.05) is 0 Å². The molecule has 15 heavy (non-hydrogen) atoms. The first-order valence-electron chi connectivity index (χ1n) is 4.30. The van der Waals surface area contributed by atoms with Crippen molar-refractivity contribution >= 4 is 17.6 Å². The van der Waals surface area contributed by atoms with Crippen molar-refractivity contribution in [3.8, 4) is 0 Å². The van der Waals surface area contributed by atoms with Crippen LogP contribution >= 0.6 is 11.6 Å². The van der Waals surface area contributed by atoms with Crippen molar-refractivity contribution in [3.63, 3.8) is 0 Å². The topological polar surface area (TPSA) is 37.3 Å². The molecule has 0 amide bonds. The molecule has 5 heteroatoms. The van der Waals surface area contributed by atoms with Gasteiger partial charge in [-0.25, -0.2) is 4.79 Å². The molecular weight excluding hydrogens is 226 g/mol. The van der Waals surface area contributed by atoms with Crippen LogP contribution in [0.5, 0.6) is 0 Å². The van der Waals surface area contributed by atoms with Crippen molar-refractivity contribution in [1.82, 2.24) is 0 Å². The van der Waals surface area contributed by atoms with Crippen LogP contribution in [0.25, 0.3) is 0 Å². The first kappa shape index (κ1) is 11.9.